The summed E-state index contributed by atoms with van der Waals surface area (Å²) < 4.78 is 0. The van der Waals surface area contributed by atoms with Crippen molar-refractivity contribution in [3.05, 3.63) is 59.8 Å². The summed E-state index contributed by atoms with van der Waals surface area (Å²) in [6.45, 7) is 2.76. The van der Waals surface area contributed by atoms with Crippen molar-refractivity contribution >= 4 is 11.7 Å². The monoisotopic (exact) mass is 376 g/mol. The van der Waals surface area contributed by atoms with Crippen LogP contribution in [0.5, 0.6) is 0 Å². The van der Waals surface area contributed by atoms with Crippen molar-refractivity contribution in [3.63, 3.8) is 0 Å². The Hall–Kier alpha value is -2.40. The van der Waals surface area contributed by atoms with E-state index in [9.17, 15) is 4.79 Å². The number of carbonyl (C=O) groups is 1. The molecule has 0 spiro atoms. The van der Waals surface area contributed by atoms with Crippen LogP contribution < -0.4 is 5.73 Å². The van der Waals surface area contributed by atoms with Crippen molar-refractivity contribution in [1.82, 2.24) is 14.8 Å². The van der Waals surface area contributed by atoms with Gasteiger partial charge in [-0.15, -0.1) is 0 Å². The molecule has 4 heterocycles. The van der Waals surface area contributed by atoms with E-state index in [4.69, 9.17) is 5.73 Å². The summed E-state index contributed by atoms with van der Waals surface area (Å²) in [5.74, 6) is 1.55. The lowest BCUT2D eigenvalue weighted by atomic mass is 9.74. The Morgan fingerprint density at radius 1 is 1.00 bits per heavy atom. The zero-order valence-corrected chi connectivity index (χ0v) is 16.2. The maximum atomic E-state index is 13.0. The topological polar surface area (TPSA) is 62.5 Å². The molecule has 2 bridgehead atoms. The fourth-order valence-corrected chi connectivity index (χ4v) is 5.74. The van der Waals surface area contributed by atoms with Crippen molar-refractivity contribution in [2.24, 2.45) is 11.8 Å². The van der Waals surface area contributed by atoms with Gasteiger partial charge in [-0.1, -0.05) is 36.4 Å². The highest BCUT2D eigenvalue weighted by molar-refractivity contribution is 5.92. The molecule has 146 valence electrons. The molecule has 2 aromatic rings. The Morgan fingerprint density at radius 3 is 2.68 bits per heavy atom. The molecule has 3 saturated heterocycles. The first kappa shape index (κ1) is 17.7. The number of hydrogen-bond donors (Lipinski definition) is 1. The number of nitrogens with zero attached hydrogens (tertiary/aromatic N) is 3. The van der Waals surface area contributed by atoms with Crippen molar-refractivity contribution < 1.29 is 4.79 Å². The number of rotatable bonds is 2. The molecule has 0 radical (unpaired) electrons. The van der Waals surface area contributed by atoms with E-state index in [1.54, 1.807) is 12.1 Å². The van der Waals surface area contributed by atoms with E-state index < -0.39 is 0 Å². The van der Waals surface area contributed by atoms with Crippen LogP contribution in [-0.4, -0.2) is 46.4 Å². The third kappa shape index (κ3) is 3.18. The van der Waals surface area contributed by atoms with Crippen molar-refractivity contribution in [2.75, 3.05) is 25.4 Å². The third-order valence-electron chi connectivity index (χ3n) is 6.85. The molecule has 5 rings (SSSR count). The Bertz CT molecular complexity index is 855. The van der Waals surface area contributed by atoms with Gasteiger partial charge in [-0.3, -0.25) is 9.69 Å². The van der Waals surface area contributed by atoms with E-state index in [2.05, 4.69) is 40.2 Å². The summed E-state index contributed by atoms with van der Waals surface area (Å²) in [5.41, 5.74) is 7.71. The average Bonchev–Trinajstić information content (AvgIpc) is 2.73. The molecule has 3 fully saturated rings. The van der Waals surface area contributed by atoms with Gasteiger partial charge in [-0.05, 0) is 55.2 Å². The fourth-order valence-electron chi connectivity index (χ4n) is 5.74. The zero-order valence-electron chi connectivity index (χ0n) is 16.2. The van der Waals surface area contributed by atoms with Crippen LogP contribution in [0.15, 0.2) is 48.5 Å². The lowest BCUT2D eigenvalue weighted by Gasteiger charge is -2.55. The van der Waals surface area contributed by atoms with Gasteiger partial charge in [0.1, 0.15) is 11.5 Å². The lowest BCUT2D eigenvalue weighted by Crippen LogP contribution is -2.60. The quantitative estimate of drug-likeness (QED) is 0.873. The number of amides is 1. The van der Waals surface area contributed by atoms with Crippen LogP contribution in [0.2, 0.25) is 0 Å². The van der Waals surface area contributed by atoms with Gasteiger partial charge < -0.3 is 10.6 Å². The van der Waals surface area contributed by atoms with E-state index in [0.717, 1.165) is 19.6 Å². The molecular weight excluding hydrogens is 348 g/mol. The van der Waals surface area contributed by atoms with E-state index in [1.165, 1.54) is 31.2 Å². The second kappa shape index (κ2) is 7.21. The molecule has 1 aromatic heterocycles. The van der Waals surface area contributed by atoms with Gasteiger partial charge in [-0.2, -0.15) is 0 Å². The van der Waals surface area contributed by atoms with Crippen LogP contribution in [0.3, 0.4) is 0 Å². The molecule has 0 aliphatic carbocycles. The number of nitrogens with two attached hydrogens (primary N) is 1. The highest BCUT2D eigenvalue weighted by Crippen LogP contribution is 2.44. The summed E-state index contributed by atoms with van der Waals surface area (Å²) in [6.07, 6.45) is 5.01. The first-order chi connectivity index (χ1) is 13.7. The second-order valence-electron chi connectivity index (χ2n) is 8.64. The van der Waals surface area contributed by atoms with Gasteiger partial charge in [0, 0.05) is 31.7 Å². The minimum absolute atomic E-state index is 0.0332. The number of pyridine rings is 1. The van der Waals surface area contributed by atoms with Gasteiger partial charge in [0.2, 0.25) is 0 Å². The number of anilines is 1. The number of nitrogen functional groups attached to an aromatic ring is 1. The van der Waals surface area contributed by atoms with Gasteiger partial charge in [0.15, 0.2) is 0 Å². The third-order valence-corrected chi connectivity index (χ3v) is 6.85. The minimum atomic E-state index is 0.0332. The van der Waals surface area contributed by atoms with Crippen LogP contribution in [0.4, 0.5) is 5.82 Å². The minimum Gasteiger partial charge on any atom is -0.384 e. The highest BCUT2D eigenvalue weighted by Gasteiger charge is 2.45. The largest absolute Gasteiger partial charge is 0.384 e. The molecule has 5 heteroatoms. The molecule has 1 aromatic carbocycles. The first-order valence-electron chi connectivity index (χ1n) is 10.5. The predicted octanol–water partition coefficient (Wildman–Crippen LogP) is 3.35. The molecule has 0 saturated carbocycles. The van der Waals surface area contributed by atoms with E-state index in [1.807, 2.05) is 11.0 Å². The summed E-state index contributed by atoms with van der Waals surface area (Å²) in [4.78, 5) is 22.1. The van der Waals surface area contributed by atoms with Crippen LogP contribution >= 0.6 is 0 Å². The van der Waals surface area contributed by atoms with E-state index in [0.29, 0.717) is 35.4 Å². The number of hydrogen-bond acceptors (Lipinski definition) is 4. The Kier molecular flexibility index (Phi) is 4.55. The highest BCUT2D eigenvalue weighted by atomic mass is 16.2. The molecule has 1 amide bonds. The summed E-state index contributed by atoms with van der Waals surface area (Å²) in [6, 6.07) is 17.4. The van der Waals surface area contributed by atoms with Crippen molar-refractivity contribution in [3.8, 4) is 0 Å². The normalized spacial score (nSPS) is 29.9. The van der Waals surface area contributed by atoms with Crippen molar-refractivity contribution in [2.45, 2.75) is 37.8 Å². The summed E-state index contributed by atoms with van der Waals surface area (Å²) in [5, 5.41) is 0. The molecule has 4 atom stereocenters. The van der Waals surface area contributed by atoms with Gasteiger partial charge in [0.25, 0.3) is 5.91 Å². The summed E-state index contributed by atoms with van der Waals surface area (Å²) >= 11 is 0. The van der Waals surface area contributed by atoms with Crippen molar-refractivity contribution in [1.29, 1.82) is 0 Å². The second-order valence-corrected chi connectivity index (χ2v) is 8.64. The van der Waals surface area contributed by atoms with Crippen LogP contribution in [-0.2, 0) is 0 Å². The number of piperidine rings is 3. The predicted molar refractivity (Wildman–Crippen MR) is 110 cm³/mol. The number of carbonyl (C=O) groups excluding carboxylic acids is 1. The molecule has 3 aliphatic heterocycles. The zero-order chi connectivity index (χ0) is 19.1. The van der Waals surface area contributed by atoms with Crippen LogP contribution in [0.1, 0.15) is 47.8 Å². The van der Waals surface area contributed by atoms with E-state index in [-0.39, 0.29) is 5.91 Å². The SMILES string of the molecule is Nc1cccc(C(=O)N2C[C@@H]3C[C@H](C2)[C@@H]2CCC[C@H](c4ccccc4)N2C3)n1. The number of likely N-dealkylation sites (tertiary alicyclic amines) is 1. The number of fused-ring (bicyclic) bond motifs is 4. The number of aromatic nitrogens is 1. The Morgan fingerprint density at radius 2 is 1.86 bits per heavy atom. The number of benzene rings is 1. The maximum Gasteiger partial charge on any atom is 0.272 e. The smallest absolute Gasteiger partial charge is 0.272 e. The molecule has 0 unspecified atom stereocenters. The van der Waals surface area contributed by atoms with Crippen LogP contribution in [0, 0.1) is 11.8 Å². The molecule has 5 nitrogen and oxygen atoms in total. The van der Waals surface area contributed by atoms with Crippen LogP contribution in [0.25, 0.3) is 0 Å². The fraction of sp³-hybridized carbons (Fsp3) is 0.478. The Balaban J connectivity index is 1.36. The average molecular weight is 377 g/mol. The molecule has 2 N–H and O–H groups in total. The maximum absolute atomic E-state index is 13.0. The summed E-state index contributed by atoms with van der Waals surface area (Å²) in [7, 11) is 0. The van der Waals surface area contributed by atoms with Gasteiger partial charge in [-0.25, -0.2) is 4.98 Å². The molecule has 28 heavy (non-hydrogen) atoms. The lowest BCUT2D eigenvalue weighted by molar-refractivity contribution is -0.0512. The van der Waals surface area contributed by atoms with Gasteiger partial charge >= 0.3 is 0 Å². The molecular formula is C23H28N4O. The Labute approximate surface area is 166 Å². The van der Waals surface area contributed by atoms with E-state index >= 15 is 0 Å². The first-order valence-corrected chi connectivity index (χ1v) is 10.5. The molecule has 3 aliphatic rings. The standard InChI is InChI=1S/C23H28N4O/c24-22-11-4-8-19(25-22)23(28)26-13-16-12-18(15-26)21-10-5-9-20(27(21)14-16)17-6-2-1-3-7-17/h1-4,6-8,11,16,18,20-21H,5,9-10,12-15H2,(H2,24,25)/t16-,18+,20+,21-/m0/s1. The van der Waals surface area contributed by atoms with Gasteiger partial charge in [0.05, 0.1) is 0 Å².